The Morgan fingerprint density at radius 3 is 2.63 bits per heavy atom. The molecule has 15 nitrogen and oxygen atoms in total. The number of fused-ring (bicyclic) bond motifs is 2. The molecule has 0 radical (unpaired) electrons. The normalized spacial score (nSPS) is 26.1. The molecule has 6 atom stereocenters. The van der Waals surface area contributed by atoms with E-state index in [9.17, 15) is 19.0 Å². The maximum absolute atomic E-state index is 12.2. The number of aromatic nitrogens is 4. The quantitative estimate of drug-likeness (QED) is 0.283. The Hall–Kier alpha value is -3.46. The van der Waals surface area contributed by atoms with Crippen molar-refractivity contribution in [3.63, 3.8) is 0 Å². The van der Waals surface area contributed by atoms with Crippen molar-refractivity contribution >= 4 is 36.6 Å². The van der Waals surface area contributed by atoms with Crippen molar-refractivity contribution in [1.29, 1.82) is 0 Å². The highest BCUT2D eigenvalue weighted by Gasteiger charge is 2.54. The Morgan fingerprint density at radius 1 is 1.13 bits per heavy atom. The standard InChI is InChI=1S/C22H25N6O9P/c1-2-23-22(31)27-18-15-19(25-10-24-18)28(11-26-15)20-17-16(36-21(37-17)12-6-4-3-5-7-12)13(35-20)8-34-38(32,33)9-14(29)30/h3-7,10-11,13,16-17,20-21H,2,8-9H2,1H3,(H,29,30)(H,32,33)(H2,23,24,25,27,31)/t13-,16?,17?,20-,21+/m1/s1. The summed E-state index contributed by atoms with van der Waals surface area (Å²) >= 11 is 0. The van der Waals surface area contributed by atoms with Crippen molar-refractivity contribution in [2.24, 2.45) is 0 Å². The number of anilines is 1. The Balaban J connectivity index is 1.43. The second-order valence-electron chi connectivity index (χ2n) is 8.52. The number of rotatable bonds is 9. The van der Waals surface area contributed by atoms with Gasteiger partial charge in [0.15, 0.2) is 29.5 Å². The lowest BCUT2D eigenvalue weighted by molar-refractivity contribution is -0.152. The van der Waals surface area contributed by atoms with Gasteiger partial charge in [0.1, 0.15) is 30.8 Å². The Morgan fingerprint density at radius 2 is 1.89 bits per heavy atom. The summed E-state index contributed by atoms with van der Waals surface area (Å²) in [7, 11) is -4.42. The van der Waals surface area contributed by atoms with E-state index in [1.54, 1.807) is 11.5 Å². The van der Waals surface area contributed by atoms with Crippen LogP contribution in [0.2, 0.25) is 0 Å². The summed E-state index contributed by atoms with van der Waals surface area (Å²) in [5.74, 6) is -1.28. The summed E-state index contributed by atoms with van der Waals surface area (Å²) in [6.45, 7) is 1.78. The average molecular weight is 548 g/mol. The molecule has 3 aromatic rings. The van der Waals surface area contributed by atoms with Crippen molar-refractivity contribution in [3.8, 4) is 0 Å². The molecule has 2 aliphatic rings. The van der Waals surface area contributed by atoms with Gasteiger partial charge in [-0.05, 0) is 6.92 Å². The molecular weight excluding hydrogens is 523 g/mol. The van der Waals surface area contributed by atoms with Gasteiger partial charge in [-0.1, -0.05) is 30.3 Å². The highest BCUT2D eigenvalue weighted by Crippen LogP contribution is 2.47. The fourth-order valence-corrected chi connectivity index (χ4v) is 5.12. The van der Waals surface area contributed by atoms with Crippen LogP contribution in [0.25, 0.3) is 11.2 Å². The van der Waals surface area contributed by atoms with Crippen LogP contribution < -0.4 is 10.6 Å². The number of ether oxygens (including phenoxy) is 3. The van der Waals surface area contributed by atoms with Crippen LogP contribution in [0, 0.1) is 0 Å². The zero-order valence-corrected chi connectivity index (χ0v) is 20.9. The van der Waals surface area contributed by atoms with Gasteiger partial charge >= 0.3 is 19.6 Å². The molecule has 2 aromatic heterocycles. The third-order valence-corrected chi connectivity index (χ3v) is 7.12. The summed E-state index contributed by atoms with van der Waals surface area (Å²) < 4.78 is 37.3. The van der Waals surface area contributed by atoms with Crippen LogP contribution in [0.4, 0.5) is 10.6 Å². The number of hydrogen-bond donors (Lipinski definition) is 4. The van der Waals surface area contributed by atoms with E-state index in [2.05, 4.69) is 25.6 Å². The van der Waals surface area contributed by atoms with Gasteiger partial charge in [-0.15, -0.1) is 0 Å². The number of nitrogens with one attached hydrogen (secondary N) is 2. The number of carboxylic acids is 1. The van der Waals surface area contributed by atoms with E-state index in [0.717, 1.165) is 5.56 Å². The molecule has 2 saturated heterocycles. The van der Waals surface area contributed by atoms with Crippen LogP contribution >= 0.6 is 7.60 Å². The summed E-state index contributed by atoms with van der Waals surface area (Å²) in [4.78, 5) is 45.6. The minimum absolute atomic E-state index is 0.190. The highest BCUT2D eigenvalue weighted by atomic mass is 31.2. The van der Waals surface area contributed by atoms with Crippen LogP contribution in [0.5, 0.6) is 0 Å². The minimum atomic E-state index is -4.42. The number of aliphatic carboxylic acids is 1. The molecule has 0 aliphatic carbocycles. The Kier molecular flexibility index (Phi) is 7.38. The average Bonchev–Trinajstić information content (AvgIpc) is 3.57. The first kappa shape index (κ1) is 26.2. The summed E-state index contributed by atoms with van der Waals surface area (Å²) in [5.41, 5.74) is 1.39. The number of imidazole rings is 1. The molecule has 3 unspecified atom stereocenters. The van der Waals surface area contributed by atoms with Crippen molar-refractivity contribution in [2.45, 2.75) is 37.8 Å². The van der Waals surface area contributed by atoms with Gasteiger partial charge in [0.05, 0.1) is 12.9 Å². The molecule has 202 valence electrons. The van der Waals surface area contributed by atoms with Crippen molar-refractivity contribution in [1.82, 2.24) is 24.8 Å². The van der Waals surface area contributed by atoms with E-state index in [-0.39, 0.29) is 5.82 Å². The van der Waals surface area contributed by atoms with Crippen molar-refractivity contribution < 1.29 is 42.9 Å². The topological polar surface area (TPSA) is 196 Å². The van der Waals surface area contributed by atoms with Gasteiger partial charge in [0, 0.05) is 12.1 Å². The second kappa shape index (κ2) is 10.7. The number of amides is 2. The molecule has 0 saturated carbocycles. The smallest absolute Gasteiger partial charge is 0.339 e. The number of carbonyl (C=O) groups is 2. The highest BCUT2D eigenvalue weighted by molar-refractivity contribution is 7.53. The molecule has 2 fully saturated rings. The predicted molar refractivity (Wildman–Crippen MR) is 129 cm³/mol. The summed E-state index contributed by atoms with van der Waals surface area (Å²) in [5, 5.41) is 14.1. The SMILES string of the molecule is CCNC(=O)Nc1ncnc2c1ncn2[C@@H]1O[C@H](COP(=O)(O)CC(=O)O)C2O[C@H](c3ccccc3)OC21. The molecule has 0 bridgehead atoms. The number of benzene rings is 1. The first-order valence-electron chi connectivity index (χ1n) is 11.7. The molecular formula is C22H25N6O9P. The summed E-state index contributed by atoms with van der Waals surface area (Å²) in [6, 6.07) is 8.74. The maximum atomic E-state index is 12.2. The van der Waals surface area contributed by atoms with Gasteiger partial charge in [-0.3, -0.25) is 19.2 Å². The van der Waals surface area contributed by atoms with Gasteiger partial charge in [-0.25, -0.2) is 19.7 Å². The third-order valence-electron chi connectivity index (χ3n) is 5.90. The monoisotopic (exact) mass is 548 g/mol. The second-order valence-corrected chi connectivity index (χ2v) is 10.4. The van der Waals surface area contributed by atoms with E-state index in [0.29, 0.717) is 17.7 Å². The third kappa shape index (κ3) is 5.38. The van der Waals surface area contributed by atoms with E-state index in [1.165, 1.54) is 12.7 Å². The van der Waals surface area contributed by atoms with Gasteiger partial charge < -0.3 is 34.1 Å². The van der Waals surface area contributed by atoms with Crippen LogP contribution in [0.3, 0.4) is 0 Å². The Labute approximate surface area is 215 Å². The van der Waals surface area contributed by atoms with E-state index in [4.69, 9.17) is 23.8 Å². The van der Waals surface area contributed by atoms with Crippen molar-refractivity contribution in [3.05, 3.63) is 48.5 Å². The molecule has 16 heteroatoms. The van der Waals surface area contributed by atoms with Crippen molar-refractivity contribution in [2.75, 3.05) is 24.6 Å². The lowest BCUT2D eigenvalue weighted by Crippen LogP contribution is -2.31. The van der Waals surface area contributed by atoms with Gasteiger partial charge in [0.2, 0.25) is 0 Å². The minimum Gasteiger partial charge on any atom is -0.481 e. The number of hydrogen-bond acceptors (Lipinski definition) is 10. The predicted octanol–water partition coefficient (Wildman–Crippen LogP) is 1.63. The molecule has 38 heavy (non-hydrogen) atoms. The summed E-state index contributed by atoms with van der Waals surface area (Å²) in [6.07, 6.45) is -2.26. The fraction of sp³-hybridized carbons (Fsp3) is 0.409. The molecule has 5 rings (SSSR count). The lowest BCUT2D eigenvalue weighted by atomic mass is 10.1. The molecule has 4 N–H and O–H groups in total. The number of carboxylic acid groups (broad SMARTS) is 1. The Bertz CT molecular complexity index is 1370. The molecule has 1 aromatic carbocycles. The fourth-order valence-electron chi connectivity index (χ4n) is 4.31. The number of carbonyl (C=O) groups excluding carboxylic acids is 1. The van der Waals surface area contributed by atoms with Crippen LogP contribution in [-0.4, -0.2) is 79.1 Å². The largest absolute Gasteiger partial charge is 0.481 e. The van der Waals surface area contributed by atoms with Crippen LogP contribution in [0.1, 0.15) is 25.0 Å². The van der Waals surface area contributed by atoms with E-state index < -0.39 is 63.2 Å². The van der Waals surface area contributed by atoms with E-state index >= 15 is 0 Å². The number of nitrogens with zero attached hydrogens (tertiary/aromatic N) is 4. The zero-order chi connectivity index (χ0) is 26.9. The zero-order valence-electron chi connectivity index (χ0n) is 20.0. The van der Waals surface area contributed by atoms with Gasteiger partial charge in [0.25, 0.3) is 0 Å². The van der Waals surface area contributed by atoms with Crippen LogP contribution in [0.15, 0.2) is 43.0 Å². The number of urea groups is 1. The molecule has 4 heterocycles. The lowest BCUT2D eigenvalue weighted by Gasteiger charge is -2.22. The molecule has 2 aliphatic heterocycles. The maximum Gasteiger partial charge on any atom is 0.339 e. The first-order chi connectivity index (χ1) is 18.3. The first-order valence-corrected chi connectivity index (χ1v) is 13.4. The van der Waals surface area contributed by atoms with Crippen LogP contribution in [-0.2, 0) is 28.1 Å². The molecule has 2 amide bonds. The molecule has 0 spiro atoms. The van der Waals surface area contributed by atoms with E-state index in [1.807, 2.05) is 30.3 Å². The van der Waals surface area contributed by atoms with Gasteiger partial charge in [-0.2, -0.15) is 0 Å².